The van der Waals surface area contributed by atoms with Gasteiger partial charge in [0.05, 0.1) is 26.0 Å². The number of amides is 1. The average Bonchev–Trinajstić information content (AvgIpc) is 2.67. The molecule has 0 aliphatic heterocycles. The standard InChI is InChI=1S/C23H31FN2O4S/c1-15(2)19-12-20(16(3)11-22(19)30-5)17(4)25-23(27)14-26(31(6,28)29)13-18-9-7-8-10-21(18)24/h7-12,15,17H,13-14H2,1-6H3,(H,25,27)/t17-/m0/s1. The first kappa shape index (κ1) is 24.8. The number of aryl methyl sites for hydroxylation is 1. The van der Waals surface area contributed by atoms with E-state index >= 15 is 0 Å². The van der Waals surface area contributed by atoms with Crippen LogP contribution >= 0.6 is 0 Å². The lowest BCUT2D eigenvalue weighted by atomic mass is 9.93. The molecule has 0 unspecified atom stereocenters. The fourth-order valence-electron chi connectivity index (χ4n) is 3.44. The van der Waals surface area contributed by atoms with Gasteiger partial charge in [-0.2, -0.15) is 4.31 Å². The van der Waals surface area contributed by atoms with Crippen molar-refractivity contribution in [2.75, 3.05) is 19.9 Å². The van der Waals surface area contributed by atoms with E-state index < -0.39 is 28.3 Å². The van der Waals surface area contributed by atoms with Crippen molar-refractivity contribution < 1.29 is 22.3 Å². The third kappa shape index (κ3) is 6.51. The molecular formula is C23H31FN2O4S. The third-order valence-corrected chi connectivity index (χ3v) is 6.37. The lowest BCUT2D eigenvalue weighted by molar-refractivity contribution is -0.122. The Kier molecular flexibility index (Phi) is 8.20. The van der Waals surface area contributed by atoms with Crippen LogP contribution in [0, 0.1) is 12.7 Å². The highest BCUT2D eigenvalue weighted by Crippen LogP contribution is 2.32. The van der Waals surface area contributed by atoms with E-state index in [2.05, 4.69) is 19.2 Å². The smallest absolute Gasteiger partial charge is 0.235 e. The summed E-state index contributed by atoms with van der Waals surface area (Å²) in [4.78, 5) is 12.7. The van der Waals surface area contributed by atoms with Gasteiger partial charge in [0.15, 0.2) is 0 Å². The first-order chi connectivity index (χ1) is 14.4. The highest BCUT2D eigenvalue weighted by Gasteiger charge is 2.23. The van der Waals surface area contributed by atoms with E-state index in [0.29, 0.717) is 0 Å². The van der Waals surface area contributed by atoms with Crippen LogP contribution in [0.5, 0.6) is 5.75 Å². The highest BCUT2D eigenvalue weighted by molar-refractivity contribution is 7.88. The summed E-state index contributed by atoms with van der Waals surface area (Å²) in [6, 6.07) is 9.52. The van der Waals surface area contributed by atoms with Gasteiger partial charge < -0.3 is 10.1 Å². The Hall–Kier alpha value is -2.45. The first-order valence-corrected chi connectivity index (χ1v) is 11.9. The van der Waals surface area contributed by atoms with Crippen LogP contribution in [-0.4, -0.2) is 38.5 Å². The van der Waals surface area contributed by atoms with E-state index in [1.54, 1.807) is 13.2 Å². The Balaban J connectivity index is 2.19. The van der Waals surface area contributed by atoms with Crippen LogP contribution in [0.2, 0.25) is 0 Å². The number of carbonyl (C=O) groups excluding carboxylic acids is 1. The zero-order chi connectivity index (χ0) is 23.3. The number of sulfonamides is 1. The van der Waals surface area contributed by atoms with Crippen molar-refractivity contribution in [3.63, 3.8) is 0 Å². The molecule has 1 amide bonds. The minimum absolute atomic E-state index is 0.210. The fourth-order valence-corrected chi connectivity index (χ4v) is 4.17. The van der Waals surface area contributed by atoms with E-state index in [-0.39, 0.29) is 24.1 Å². The van der Waals surface area contributed by atoms with Gasteiger partial charge in [-0.15, -0.1) is 0 Å². The molecule has 2 aromatic rings. The SMILES string of the molecule is COc1cc(C)c([C@H](C)NC(=O)CN(Cc2ccccc2F)S(C)(=O)=O)cc1C(C)C. The maximum atomic E-state index is 14.0. The van der Waals surface area contributed by atoms with Gasteiger partial charge in [-0.25, -0.2) is 12.8 Å². The summed E-state index contributed by atoms with van der Waals surface area (Å²) in [7, 11) is -2.10. The van der Waals surface area contributed by atoms with E-state index in [4.69, 9.17) is 4.74 Å². The fraction of sp³-hybridized carbons (Fsp3) is 0.435. The number of benzene rings is 2. The second-order valence-corrected chi connectivity index (χ2v) is 10.00. The molecule has 0 heterocycles. The molecule has 0 fully saturated rings. The number of nitrogens with zero attached hydrogens (tertiary/aromatic N) is 1. The van der Waals surface area contributed by atoms with Gasteiger partial charge >= 0.3 is 0 Å². The summed E-state index contributed by atoms with van der Waals surface area (Å²) >= 11 is 0. The van der Waals surface area contributed by atoms with Crippen LogP contribution in [0.25, 0.3) is 0 Å². The number of methoxy groups -OCH3 is 1. The van der Waals surface area contributed by atoms with E-state index in [1.165, 1.54) is 18.2 Å². The van der Waals surface area contributed by atoms with Crippen molar-refractivity contribution in [3.8, 4) is 5.75 Å². The number of halogens is 1. The van der Waals surface area contributed by atoms with E-state index in [0.717, 1.165) is 33.0 Å². The van der Waals surface area contributed by atoms with Crippen molar-refractivity contribution in [3.05, 3.63) is 64.5 Å². The topological polar surface area (TPSA) is 75.7 Å². The predicted octanol–water partition coefficient (Wildman–Crippen LogP) is 3.91. The maximum absolute atomic E-state index is 14.0. The van der Waals surface area contributed by atoms with Crippen molar-refractivity contribution in [1.29, 1.82) is 0 Å². The largest absolute Gasteiger partial charge is 0.496 e. The second kappa shape index (κ2) is 10.2. The van der Waals surface area contributed by atoms with Gasteiger partial charge in [0, 0.05) is 12.1 Å². The summed E-state index contributed by atoms with van der Waals surface area (Å²) < 4.78 is 44.8. The summed E-state index contributed by atoms with van der Waals surface area (Å²) in [5.41, 5.74) is 3.13. The van der Waals surface area contributed by atoms with Crippen molar-refractivity contribution >= 4 is 15.9 Å². The Bertz CT molecular complexity index is 1040. The quantitative estimate of drug-likeness (QED) is 0.629. The van der Waals surface area contributed by atoms with Crippen molar-refractivity contribution in [1.82, 2.24) is 9.62 Å². The van der Waals surface area contributed by atoms with Crippen LogP contribution in [0.15, 0.2) is 36.4 Å². The Morgan fingerprint density at radius 3 is 2.35 bits per heavy atom. The molecule has 0 bridgehead atoms. The molecule has 31 heavy (non-hydrogen) atoms. The summed E-state index contributed by atoms with van der Waals surface area (Å²) in [6.45, 7) is 7.29. The number of hydrogen-bond donors (Lipinski definition) is 1. The van der Waals surface area contributed by atoms with Gasteiger partial charge in [0.2, 0.25) is 15.9 Å². The van der Waals surface area contributed by atoms with Crippen LogP contribution in [0.4, 0.5) is 4.39 Å². The normalized spacial score (nSPS) is 12.8. The monoisotopic (exact) mass is 450 g/mol. The molecule has 2 aromatic carbocycles. The molecule has 170 valence electrons. The molecular weight excluding hydrogens is 419 g/mol. The van der Waals surface area contributed by atoms with Crippen LogP contribution in [0.1, 0.15) is 55.0 Å². The van der Waals surface area contributed by atoms with Gasteiger partial charge in [-0.3, -0.25) is 4.79 Å². The van der Waals surface area contributed by atoms with Crippen molar-refractivity contribution in [2.24, 2.45) is 0 Å². The highest BCUT2D eigenvalue weighted by atomic mass is 32.2. The van der Waals surface area contributed by atoms with Gasteiger partial charge in [-0.05, 0) is 54.7 Å². The van der Waals surface area contributed by atoms with Crippen LogP contribution < -0.4 is 10.1 Å². The summed E-state index contributed by atoms with van der Waals surface area (Å²) in [6.07, 6.45) is 1.01. The maximum Gasteiger partial charge on any atom is 0.235 e. The van der Waals surface area contributed by atoms with E-state index in [9.17, 15) is 17.6 Å². The molecule has 8 heteroatoms. The number of nitrogens with one attached hydrogen (secondary N) is 1. The molecule has 0 aromatic heterocycles. The number of ether oxygens (including phenoxy) is 1. The van der Waals surface area contributed by atoms with E-state index in [1.807, 2.05) is 26.0 Å². The average molecular weight is 451 g/mol. The third-order valence-electron chi connectivity index (χ3n) is 5.18. The molecule has 0 saturated carbocycles. The molecule has 0 aliphatic carbocycles. The lowest BCUT2D eigenvalue weighted by Gasteiger charge is -2.23. The van der Waals surface area contributed by atoms with Crippen molar-refractivity contribution in [2.45, 2.75) is 46.2 Å². The minimum atomic E-state index is -3.72. The first-order valence-electron chi connectivity index (χ1n) is 10.1. The van der Waals surface area contributed by atoms with Crippen LogP contribution in [0.3, 0.4) is 0 Å². The molecule has 2 rings (SSSR count). The number of carbonyl (C=O) groups is 1. The summed E-state index contributed by atoms with van der Waals surface area (Å²) in [5, 5.41) is 2.86. The van der Waals surface area contributed by atoms with Gasteiger partial charge in [-0.1, -0.05) is 32.0 Å². The molecule has 0 spiro atoms. The predicted molar refractivity (Wildman–Crippen MR) is 120 cm³/mol. The molecule has 0 radical (unpaired) electrons. The molecule has 0 saturated heterocycles. The Morgan fingerprint density at radius 1 is 1.16 bits per heavy atom. The molecule has 0 aliphatic rings. The lowest BCUT2D eigenvalue weighted by Crippen LogP contribution is -2.40. The van der Waals surface area contributed by atoms with Crippen LogP contribution in [-0.2, 0) is 21.4 Å². The Morgan fingerprint density at radius 2 is 1.81 bits per heavy atom. The number of rotatable bonds is 9. The Labute approximate surface area is 184 Å². The zero-order valence-electron chi connectivity index (χ0n) is 18.9. The molecule has 1 N–H and O–H groups in total. The van der Waals surface area contributed by atoms with Gasteiger partial charge in [0.1, 0.15) is 11.6 Å². The second-order valence-electron chi connectivity index (χ2n) is 8.02. The zero-order valence-corrected chi connectivity index (χ0v) is 19.7. The van der Waals surface area contributed by atoms with Gasteiger partial charge in [0.25, 0.3) is 0 Å². The molecule has 6 nitrogen and oxygen atoms in total. The minimum Gasteiger partial charge on any atom is -0.496 e. The number of hydrogen-bond acceptors (Lipinski definition) is 4. The summed E-state index contributed by atoms with van der Waals surface area (Å²) in [5.74, 6) is 0.0530. The molecule has 1 atom stereocenters.